The largest absolute Gasteiger partial charge is 0.367 e. The lowest BCUT2D eigenvalue weighted by Crippen LogP contribution is -2.44. The molecule has 5 aromatic heterocycles. The average Bonchev–Trinajstić information content (AvgIpc) is 3.43. The van der Waals surface area contributed by atoms with Crippen LogP contribution in [0.2, 0.25) is 0 Å². The molecule has 1 aliphatic heterocycles. The number of H-pyrrole nitrogens is 2. The second-order valence-corrected chi connectivity index (χ2v) is 7.78. The average molecular weight is 411 g/mol. The fourth-order valence-corrected chi connectivity index (χ4v) is 4.04. The van der Waals surface area contributed by atoms with E-state index in [9.17, 15) is 0 Å². The standard InChI is InChI=1S/C22H21N9/c1-30-10-12-31(13-11-30)17-7-9-24-21-19(17)26-22(27-21)20-18-16(28-29-20)6-5-15(25-18)14-4-2-3-8-23-14/h2-9H,10-13H2,1H3,(H,28,29)(H,24,26,27). The molecule has 1 fully saturated rings. The number of pyridine rings is 3. The molecule has 1 saturated heterocycles. The number of aromatic amines is 2. The molecule has 0 spiro atoms. The smallest absolute Gasteiger partial charge is 0.180 e. The van der Waals surface area contributed by atoms with Crippen LogP contribution in [0, 0.1) is 0 Å². The van der Waals surface area contributed by atoms with E-state index in [-0.39, 0.29) is 0 Å². The van der Waals surface area contributed by atoms with Crippen LogP contribution in [0.15, 0.2) is 48.8 Å². The van der Waals surface area contributed by atoms with Crippen molar-refractivity contribution in [1.82, 2.24) is 40.0 Å². The number of hydrogen-bond acceptors (Lipinski definition) is 7. The highest BCUT2D eigenvalue weighted by atomic mass is 15.3. The van der Waals surface area contributed by atoms with Crippen LogP contribution in [0.3, 0.4) is 0 Å². The maximum absolute atomic E-state index is 4.82. The minimum atomic E-state index is 0.654. The molecule has 1 aliphatic rings. The van der Waals surface area contributed by atoms with E-state index in [2.05, 4.69) is 48.1 Å². The molecule has 154 valence electrons. The highest BCUT2D eigenvalue weighted by Crippen LogP contribution is 2.30. The summed E-state index contributed by atoms with van der Waals surface area (Å²) in [5.41, 5.74) is 6.63. The van der Waals surface area contributed by atoms with Gasteiger partial charge in [-0.25, -0.2) is 15.0 Å². The molecule has 0 aromatic carbocycles. The molecule has 0 bridgehead atoms. The third-order valence-electron chi connectivity index (χ3n) is 5.77. The quantitative estimate of drug-likeness (QED) is 0.471. The van der Waals surface area contributed by atoms with Crippen LogP contribution in [0.25, 0.3) is 45.1 Å². The molecular formula is C22H21N9. The summed E-state index contributed by atoms with van der Waals surface area (Å²) >= 11 is 0. The summed E-state index contributed by atoms with van der Waals surface area (Å²) in [5.74, 6) is 0.654. The minimum absolute atomic E-state index is 0.654. The Morgan fingerprint density at radius 1 is 0.871 bits per heavy atom. The van der Waals surface area contributed by atoms with Gasteiger partial charge in [0.05, 0.1) is 22.6 Å². The predicted molar refractivity (Wildman–Crippen MR) is 120 cm³/mol. The lowest BCUT2D eigenvalue weighted by Gasteiger charge is -2.34. The third-order valence-corrected chi connectivity index (χ3v) is 5.77. The number of anilines is 1. The maximum atomic E-state index is 4.82. The number of piperazine rings is 1. The fraction of sp³-hybridized carbons (Fsp3) is 0.227. The molecule has 0 aliphatic carbocycles. The van der Waals surface area contributed by atoms with Crippen LogP contribution < -0.4 is 4.90 Å². The molecular weight excluding hydrogens is 390 g/mol. The van der Waals surface area contributed by atoms with Crippen molar-refractivity contribution in [2.45, 2.75) is 0 Å². The predicted octanol–water partition coefficient (Wildman–Crippen LogP) is 2.71. The van der Waals surface area contributed by atoms with Gasteiger partial charge in [0.25, 0.3) is 0 Å². The first kappa shape index (κ1) is 18.0. The van der Waals surface area contributed by atoms with E-state index >= 15 is 0 Å². The van der Waals surface area contributed by atoms with Crippen molar-refractivity contribution in [2.24, 2.45) is 0 Å². The van der Waals surface area contributed by atoms with Crippen LogP contribution in [0.4, 0.5) is 5.69 Å². The van der Waals surface area contributed by atoms with Gasteiger partial charge in [-0.2, -0.15) is 5.10 Å². The Morgan fingerprint density at radius 3 is 2.61 bits per heavy atom. The number of fused-ring (bicyclic) bond motifs is 2. The van der Waals surface area contributed by atoms with Crippen molar-refractivity contribution in [2.75, 3.05) is 38.1 Å². The van der Waals surface area contributed by atoms with Crippen molar-refractivity contribution in [1.29, 1.82) is 0 Å². The number of rotatable bonds is 3. The van der Waals surface area contributed by atoms with Gasteiger partial charge in [-0.3, -0.25) is 10.1 Å². The Bertz CT molecular complexity index is 1360. The summed E-state index contributed by atoms with van der Waals surface area (Å²) in [5, 5.41) is 7.56. The zero-order valence-electron chi connectivity index (χ0n) is 17.1. The van der Waals surface area contributed by atoms with Gasteiger partial charge in [-0.15, -0.1) is 0 Å². The Kier molecular flexibility index (Phi) is 4.13. The van der Waals surface area contributed by atoms with E-state index in [1.165, 1.54) is 0 Å². The lowest BCUT2D eigenvalue weighted by atomic mass is 10.2. The molecule has 6 rings (SSSR count). The third kappa shape index (κ3) is 3.10. The van der Waals surface area contributed by atoms with Crippen LogP contribution in [0.5, 0.6) is 0 Å². The Balaban J connectivity index is 1.44. The zero-order valence-corrected chi connectivity index (χ0v) is 17.1. The van der Waals surface area contributed by atoms with E-state index in [0.717, 1.165) is 59.8 Å². The summed E-state index contributed by atoms with van der Waals surface area (Å²) in [4.78, 5) is 26.6. The second-order valence-electron chi connectivity index (χ2n) is 7.78. The molecule has 5 aromatic rings. The molecule has 6 heterocycles. The lowest BCUT2D eigenvalue weighted by molar-refractivity contribution is 0.313. The van der Waals surface area contributed by atoms with Crippen molar-refractivity contribution < 1.29 is 0 Å². The van der Waals surface area contributed by atoms with Crippen molar-refractivity contribution in [3.8, 4) is 22.9 Å². The number of imidazole rings is 1. The van der Waals surface area contributed by atoms with Crippen molar-refractivity contribution in [3.05, 3.63) is 48.8 Å². The van der Waals surface area contributed by atoms with E-state index in [1.807, 2.05) is 36.5 Å². The number of nitrogens with one attached hydrogen (secondary N) is 2. The highest BCUT2D eigenvalue weighted by Gasteiger charge is 2.20. The first-order valence-electron chi connectivity index (χ1n) is 10.3. The molecule has 9 heteroatoms. The summed E-state index contributed by atoms with van der Waals surface area (Å²) in [6.07, 6.45) is 3.59. The number of hydrogen-bond donors (Lipinski definition) is 2. The zero-order chi connectivity index (χ0) is 20.8. The number of nitrogens with zero attached hydrogens (tertiary/aromatic N) is 7. The molecule has 0 saturated carbocycles. The number of likely N-dealkylation sites (N-methyl/N-ethyl adjacent to an activating group) is 1. The van der Waals surface area contributed by atoms with Gasteiger partial charge in [0.1, 0.15) is 11.0 Å². The van der Waals surface area contributed by atoms with E-state index in [1.54, 1.807) is 6.20 Å². The Labute approximate surface area is 178 Å². The second kappa shape index (κ2) is 7.13. The van der Waals surface area contributed by atoms with Gasteiger partial charge in [0, 0.05) is 38.6 Å². The molecule has 9 nitrogen and oxygen atoms in total. The van der Waals surface area contributed by atoms with E-state index in [0.29, 0.717) is 17.2 Å². The van der Waals surface area contributed by atoms with Crippen LogP contribution in [-0.4, -0.2) is 73.2 Å². The van der Waals surface area contributed by atoms with E-state index < -0.39 is 0 Å². The van der Waals surface area contributed by atoms with Gasteiger partial charge in [-0.1, -0.05) is 6.07 Å². The first-order valence-corrected chi connectivity index (χ1v) is 10.3. The van der Waals surface area contributed by atoms with Crippen LogP contribution >= 0.6 is 0 Å². The Hall–Kier alpha value is -3.85. The first-order chi connectivity index (χ1) is 15.3. The van der Waals surface area contributed by atoms with Gasteiger partial charge in [0.15, 0.2) is 17.2 Å². The van der Waals surface area contributed by atoms with Crippen molar-refractivity contribution >= 4 is 27.9 Å². The topological polar surface area (TPSA) is 103 Å². The summed E-state index contributed by atoms with van der Waals surface area (Å²) in [6, 6.07) is 11.8. The normalized spacial score (nSPS) is 15.2. The SMILES string of the molecule is CN1CCN(c2ccnc3nc(-c4n[nH]c5ccc(-c6ccccn6)nc45)[nH]c23)CC1. The maximum Gasteiger partial charge on any atom is 0.180 e. The minimum Gasteiger partial charge on any atom is -0.367 e. The van der Waals surface area contributed by atoms with Gasteiger partial charge < -0.3 is 14.8 Å². The van der Waals surface area contributed by atoms with E-state index in [4.69, 9.17) is 9.97 Å². The van der Waals surface area contributed by atoms with Gasteiger partial charge in [0.2, 0.25) is 0 Å². The highest BCUT2D eigenvalue weighted by molar-refractivity contribution is 5.93. The van der Waals surface area contributed by atoms with Gasteiger partial charge in [-0.05, 0) is 37.4 Å². The van der Waals surface area contributed by atoms with Crippen LogP contribution in [0.1, 0.15) is 0 Å². The summed E-state index contributed by atoms with van der Waals surface area (Å²) in [7, 11) is 2.16. The van der Waals surface area contributed by atoms with Crippen molar-refractivity contribution in [3.63, 3.8) is 0 Å². The summed E-state index contributed by atoms with van der Waals surface area (Å²) < 4.78 is 0. The monoisotopic (exact) mass is 411 g/mol. The fourth-order valence-electron chi connectivity index (χ4n) is 4.04. The molecule has 0 radical (unpaired) electrons. The van der Waals surface area contributed by atoms with Gasteiger partial charge >= 0.3 is 0 Å². The number of aromatic nitrogens is 7. The molecule has 2 N–H and O–H groups in total. The molecule has 0 unspecified atom stereocenters. The molecule has 0 atom stereocenters. The molecule has 31 heavy (non-hydrogen) atoms. The van der Waals surface area contributed by atoms with Crippen LogP contribution in [-0.2, 0) is 0 Å². The Morgan fingerprint density at radius 2 is 1.77 bits per heavy atom. The summed E-state index contributed by atoms with van der Waals surface area (Å²) in [6.45, 7) is 4.03. The molecule has 0 amide bonds.